The minimum atomic E-state index is -4.26. The van der Waals surface area contributed by atoms with Crippen molar-refractivity contribution in [3.05, 3.63) is 0 Å². The number of halogens is 3. The first-order valence-electron chi connectivity index (χ1n) is 5.87. The molecule has 0 atom stereocenters. The zero-order valence-corrected chi connectivity index (χ0v) is 10.5. The summed E-state index contributed by atoms with van der Waals surface area (Å²) in [6.45, 7) is 3.61. The average Bonchev–Trinajstić information content (AvgIpc) is 2.28. The lowest BCUT2D eigenvalue weighted by molar-refractivity contribution is -0.175. The van der Waals surface area contributed by atoms with Crippen LogP contribution in [0, 0.1) is 0 Å². The van der Waals surface area contributed by atoms with E-state index >= 15 is 0 Å². The molecule has 0 spiro atoms. The fourth-order valence-electron chi connectivity index (χ4n) is 1.44. The van der Waals surface area contributed by atoms with Crippen molar-refractivity contribution in [1.29, 1.82) is 0 Å². The Kier molecular flexibility index (Phi) is 7.74. The van der Waals surface area contributed by atoms with Gasteiger partial charge in [-0.15, -0.1) is 0 Å². The molecule has 0 radical (unpaired) electrons. The zero-order valence-electron chi connectivity index (χ0n) is 10.5. The third-order valence-corrected chi connectivity index (χ3v) is 2.77. The average molecular weight is 257 g/mol. The molecule has 2 N–H and O–H groups in total. The molecule has 0 aliphatic carbocycles. The monoisotopic (exact) mass is 257 g/mol. The van der Waals surface area contributed by atoms with Crippen LogP contribution < -0.4 is 5.73 Å². The quantitative estimate of drug-likeness (QED) is 0.645. The lowest BCUT2D eigenvalue weighted by atomic mass is 9.97. The minimum absolute atomic E-state index is 0.0492. The zero-order chi connectivity index (χ0) is 13.4. The largest absolute Gasteiger partial charge is 0.411 e. The summed E-state index contributed by atoms with van der Waals surface area (Å²) in [4.78, 5) is 0. The summed E-state index contributed by atoms with van der Waals surface area (Å²) in [7, 11) is 0. The fourth-order valence-corrected chi connectivity index (χ4v) is 1.44. The summed E-state index contributed by atoms with van der Waals surface area (Å²) < 4.78 is 45.3. The highest BCUT2D eigenvalue weighted by atomic mass is 19.4. The molecule has 0 aliphatic rings. The number of hydrogen-bond acceptors (Lipinski definition) is 3. The molecule has 0 fully saturated rings. The molecule has 0 aromatic heterocycles. The van der Waals surface area contributed by atoms with Crippen molar-refractivity contribution < 1.29 is 22.6 Å². The van der Waals surface area contributed by atoms with Gasteiger partial charge in [-0.3, -0.25) is 0 Å². The van der Waals surface area contributed by atoms with Gasteiger partial charge >= 0.3 is 6.18 Å². The van der Waals surface area contributed by atoms with E-state index in [4.69, 9.17) is 10.5 Å². The van der Waals surface area contributed by atoms with Crippen molar-refractivity contribution in [2.75, 3.05) is 26.4 Å². The topological polar surface area (TPSA) is 44.5 Å². The maximum atomic E-state index is 11.7. The Hall–Kier alpha value is -0.330. The third kappa shape index (κ3) is 7.57. The standard InChI is InChI=1S/C11H22F3NO2/c1-3-10(4-2,8-15)17-7-5-6-16-9-11(12,13)14/h3-9,15H2,1-2H3. The van der Waals surface area contributed by atoms with Gasteiger partial charge in [0.15, 0.2) is 0 Å². The first-order chi connectivity index (χ1) is 7.89. The van der Waals surface area contributed by atoms with Gasteiger partial charge in [0.25, 0.3) is 0 Å². The molecule has 104 valence electrons. The van der Waals surface area contributed by atoms with E-state index in [9.17, 15) is 13.2 Å². The Balaban J connectivity index is 3.63. The van der Waals surface area contributed by atoms with Crippen LogP contribution in [-0.2, 0) is 9.47 Å². The number of alkyl halides is 3. The van der Waals surface area contributed by atoms with Crippen molar-refractivity contribution in [3.63, 3.8) is 0 Å². The molecule has 0 saturated carbocycles. The first kappa shape index (κ1) is 16.7. The number of hydrogen-bond donors (Lipinski definition) is 1. The Morgan fingerprint density at radius 3 is 2.06 bits per heavy atom. The van der Waals surface area contributed by atoms with Crippen molar-refractivity contribution in [2.45, 2.75) is 44.9 Å². The summed E-state index contributed by atoms with van der Waals surface area (Å²) in [5.41, 5.74) is 5.28. The highest BCUT2D eigenvalue weighted by molar-refractivity contribution is 4.78. The molecule has 0 aromatic rings. The van der Waals surface area contributed by atoms with Crippen molar-refractivity contribution in [2.24, 2.45) is 5.73 Å². The van der Waals surface area contributed by atoms with Gasteiger partial charge in [-0.05, 0) is 19.3 Å². The molecule has 17 heavy (non-hydrogen) atoms. The Morgan fingerprint density at radius 1 is 1.06 bits per heavy atom. The van der Waals surface area contributed by atoms with E-state index in [1.807, 2.05) is 13.8 Å². The molecule has 0 amide bonds. The second kappa shape index (κ2) is 7.89. The molecule has 0 rings (SSSR count). The second-order valence-electron chi connectivity index (χ2n) is 3.96. The summed E-state index contributed by atoms with van der Waals surface area (Å²) >= 11 is 0. The molecule has 0 saturated heterocycles. The van der Waals surface area contributed by atoms with Crippen molar-refractivity contribution >= 4 is 0 Å². The second-order valence-corrected chi connectivity index (χ2v) is 3.96. The smallest absolute Gasteiger partial charge is 0.374 e. The molecule has 0 aromatic carbocycles. The van der Waals surface area contributed by atoms with Crippen LogP contribution in [0.4, 0.5) is 13.2 Å². The molecule has 3 nitrogen and oxygen atoms in total. The minimum Gasteiger partial charge on any atom is -0.374 e. The molecule has 0 heterocycles. The molecule has 6 heteroatoms. The molecule has 0 unspecified atom stereocenters. The molecule has 0 bridgehead atoms. The van der Waals surface area contributed by atoms with E-state index in [2.05, 4.69) is 4.74 Å². The van der Waals surface area contributed by atoms with Crippen LogP contribution in [0.3, 0.4) is 0 Å². The van der Waals surface area contributed by atoms with Crippen LogP contribution in [0.15, 0.2) is 0 Å². The predicted molar refractivity (Wildman–Crippen MR) is 59.8 cm³/mol. The van der Waals surface area contributed by atoms with E-state index in [0.29, 0.717) is 19.6 Å². The van der Waals surface area contributed by atoms with E-state index in [1.165, 1.54) is 0 Å². The molecular weight excluding hydrogens is 235 g/mol. The van der Waals surface area contributed by atoms with Crippen LogP contribution in [0.2, 0.25) is 0 Å². The maximum Gasteiger partial charge on any atom is 0.411 e. The number of ether oxygens (including phenoxy) is 2. The van der Waals surface area contributed by atoms with Gasteiger partial charge in [0.05, 0.1) is 5.60 Å². The van der Waals surface area contributed by atoms with Gasteiger partial charge in [-0.1, -0.05) is 13.8 Å². The molecular formula is C11H22F3NO2. The van der Waals surface area contributed by atoms with Crippen LogP contribution in [0.5, 0.6) is 0 Å². The first-order valence-corrected chi connectivity index (χ1v) is 5.87. The van der Waals surface area contributed by atoms with Crippen LogP contribution in [0.25, 0.3) is 0 Å². The van der Waals surface area contributed by atoms with Crippen molar-refractivity contribution in [1.82, 2.24) is 0 Å². The Bertz CT molecular complexity index is 185. The fraction of sp³-hybridized carbons (Fsp3) is 1.00. The SMILES string of the molecule is CCC(CC)(CN)OCCCOCC(F)(F)F. The third-order valence-electron chi connectivity index (χ3n) is 2.77. The van der Waals surface area contributed by atoms with E-state index in [1.54, 1.807) is 0 Å². The van der Waals surface area contributed by atoms with Gasteiger partial charge in [-0.25, -0.2) is 0 Å². The number of nitrogens with two attached hydrogens (primary N) is 1. The summed E-state index contributed by atoms with van der Waals surface area (Å²) in [5, 5.41) is 0. The molecule has 0 aliphatic heterocycles. The summed E-state index contributed by atoms with van der Waals surface area (Å²) in [5.74, 6) is 0. The highest BCUT2D eigenvalue weighted by Crippen LogP contribution is 2.19. The van der Waals surface area contributed by atoms with E-state index in [0.717, 1.165) is 12.8 Å². The van der Waals surface area contributed by atoms with Crippen LogP contribution >= 0.6 is 0 Å². The van der Waals surface area contributed by atoms with Gasteiger partial charge < -0.3 is 15.2 Å². The van der Waals surface area contributed by atoms with Gasteiger partial charge in [-0.2, -0.15) is 13.2 Å². The highest BCUT2D eigenvalue weighted by Gasteiger charge is 2.27. The van der Waals surface area contributed by atoms with E-state index < -0.39 is 12.8 Å². The number of rotatable bonds is 9. The maximum absolute atomic E-state index is 11.7. The lowest BCUT2D eigenvalue weighted by Gasteiger charge is -2.30. The van der Waals surface area contributed by atoms with Gasteiger partial charge in [0, 0.05) is 19.8 Å². The summed E-state index contributed by atoms with van der Waals surface area (Å²) in [6, 6.07) is 0. The van der Waals surface area contributed by atoms with Crippen molar-refractivity contribution in [3.8, 4) is 0 Å². The lowest BCUT2D eigenvalue weighted by Crippen LogP contribution is -2.40. The Morgan fingerprint density at radius 2 is 1.65 bits per heavy atom. The van der Waals surface area contributed by atoms with Gasteiger partial charge in [0.1, 0.15) is 6.61 Å². The predicted octanol–water partition coefficient (Wildman–Crippen LogP) is 2.49. The van der Waals surface area contributed by atoms with Crippen LogP contribution in [0.1, 0.15) is 33.1 Å². The van der Waals surface area contributed by atoms with Crippen LogP contribution in [-0.4, -0.2) is 38.1 Å². The summed E-state index contributed by atoms with van der Waals surface area (Å²) in [6.07, 6.45) is -2.22. The Labute approximate surface area is 100 Å². The van der Waals surface area contributed by atoms with Gasteiger partial charge in [0.2, 0.25) is 0 Å². The van der Waals surface area contributed by atoms with E-state index in [-0.39, 0.29) is 12.2 Å². The normalized spacial score (nSPS) is 13.1.